The summed E-state index contributed by atoms with van der Waals surface area (Å²) in [5.41, 5.74) is 1.96. The number of ether oxygens (including phenoxy) is 1. The summed E-state index contributed by atoms with van der Waals surface area (Å²) in [4.78, 5) is 25.0. The summed E-state index contributed by atoms with van der Waals surface area (Å²) in [7, 11) is 0. The minimum atomic E-state index is -0.393. The number of hydrogen-bond donors (Lipinski definition) is 2. The summed E-state index contributed by atoms with van der Waals surface area (Å²) < 4.78 is 5.63. The topological polar surface area (TPSA) is 93.2 Å². The molecule has 0 unspecified atom stereocenters. The van der Waals surface area contributed by atoms with Gasteiger partial charge in [0.25, 0.3) is 11.8 Å². The number of hydrogen-bond acceptors (Lipinski definition) is 6. The molecule has 0 spiro atoms. The maximum Gasteiger partial charge on any atom is 0.286 e. The Morgan fingerprint density at radius 2 is 1.59 bits per heavy atom. The van der Waals surface area contributed by atoms with Crippen molar-refractivity contribution >= 4 is 28.8 Å². The Hall–Kier alpha value is -4.04. The molecule has 2 amide bonds. The highest BCUT2D eigenvalue weighted by molar-refractivity contribution is 7.13. The van der Waals surface area contributed by atoms with Crippen molar-refractivity contribution in [1.82, 2.24) is 15.5 Å². The van der Waals surface area contributed by atoms with E-state index >= 15 is 0 Å². The fourth-order valence-electron chi connectivity index (χ4n) is 2.87. The third kappa shape index (κ3) is 5.77. The third-order valence-corrected chi connectivity index (χ3v) is 5.34. The maximum atomic E-state index is 12.5. The van der Waals surface area contributed by atoms with Crippen LogP contribution in [0.5, 0.6) is 5.75 Å². The van der Waals surface area contributed by atoms with Crippen LogP contribution in [0.25, 0.3) is 0 Å². The molecule has 1 heterocycles. The molecule has 0 atom stereocenters. The molecule has 32 heavy (non-hydrogen) atoms. The molecule has 3 aromatic carbocycles. The molecule has 0 saturated carbocycles. The minimum Gasteiger partial charge on any atom is -0.486 e. The van der Waals surface area contributed by atoms with E-state index in [0.29, 0.717) is 22.8 Å². The van der Waals surface area contributed by atoms with Crippen molar-refractivity contribution < 1.29 is 14.3 Å². The van der Waals surface area contributed by atoms with Crippen LogP contribution < -0.4 is 15.4 Å². The SMILES string of the molecule is O=C(NCc1ccccc1)c1cccc(NC(=O)c2nnc(COc3ccccc3)s2)c1. The Kier molecular flexibility index (Phi) is 6.84. The van der Waals surface area contributed by atoms with Gasteiger partial charge in [-0.05, 0) is 35.9 Å². The van der Waals surface area contributed by atoms with Gasteiger partial charge in [-0.3, -0.25) is 9.59 Å². The number of aromatic nitrogens is 2. The van der Waals surface area contributed by atoms with Gasteiger partial charge in [-0.25, -0.2) is 0 Å². The van der Waals surface area contributed by atoms with E-state index in [-0.39, 0.29) is 17.5 Å². The van der Waals surface area contributed by atoms with Crippen LogP contribution in [0.1, 0.15) is 30.7 Å². The van der Waals surface area contributed by atoms with Gasteiger partial charge in [0.1, 0.15) is 12.4 Å². The lowest BCUT2D eigenvalue weighted by Crippen LogP contribution is -2.23. The van der Waals surface area contributed by atoms with E-state index in [1.807, 2.05) is 60.7 Å². The first-order valence-corrected chi connectivity index (χ1v) is 10.7. The summed E-state index contributed by atoms with van der Waals surface area (Å²) >= 11 is 1.16. The smallest absolute Gasteiger partial charge is 0.286 e. The first-order chi connectivity index (χ1) is 15.7. The van der Waals surface area contributed by atoms with E-state index in [1.54, 1.807) is 24.3 Å². The number of rotatable bonds is 8. The van der Waals surface area contributed by atoms with Gasteiger partial charge >= 0.3 is 0 Å². The molecule has 2 N–H and O–H groups in total. The number of carbonyl (C=O) groups excluding carboxylic acids is 2. The zero-order valence-corrected chi connectivity index (χ0v) is 17.8. The average molecular weight is 445 g/mol. The molecule has 1 aromatic heterocycles. The summed E-state index contributed by atoms with van der Waals surface area (Å²) in [5, 5.41) is 14.4. The molecule has 0 radical (unpaired) electrons. The predicted octanol–water partition coefficient (Wildman–Crippen LogP) is 4.30. The Balaban J connectivity index is 1.33. The van der Waals surface area contributed by atoms with Crippen LogP contribution in [0.3, 0.4) is 0 Å². The first kappa shape index (κ1) is 21.2. The van der Waals surface area contributed by atoms with Gasteiger partial charge in [-0.2, -0.15) is 0 Å². The summed E-state index contributed by atoms with van der Waals surface area (Å²) in [6.07, 6.45) is 0. The van der Waals surface area contributed by atoms with Gasteiger partial charge in [0.2, 0.25) is 5.01 Å². The summed E-state index contributed by atoms with van der Waals surface area (Å²) in [6.45, 7) is 0.654. The predicted molar refractivity (Wildman–Crippen MR) is 123 cm³/mol. The second-order valence-corrected chi connectivity index (χ2v) is 7.87. The zero-order valence-electron chi connectivity index (χ0n) is 17.0. The van der Waals surface area contributed by atoms with Gasteiger partial charge in [0, 0.05) is 17.8 Å². The maximum absolute atomic E-state index is 12.5. The van der Waals surface area contributed by atoms with Crippen LogP contribution in [-0.4, -0.2) is 22.0 Å². The largest absolute Gasteiger partial charge is 0.486 e. The zero-order chi connectivity index (χ0) is 22.2. The van der Waals surface area contributed by atoms with Crippen LogP contribution in [-0.2, 0) is 13.2 Å². The number of nitrogens with zero attached hydrogens (tertiary/aromatic N) is 2. The molecule has 0 aliphatic rings. The highest BCUT2D eigenvalue weighted by atomic mass is 32.1. The van der Waals surface area contributed by atoms with Crippen molar-refractivity contribution in [1.29, 1.82) is 0 Å². The molecule has 0 bridgehead atoms. The van der Waals surface area contributed by atoms with E-state index in [1.165, 1.54) is 0 Å². The Morgan fingerprint density at radius 1 is 0.844 bits per heavy atom. The highest BCUT2D eigenvalue weighted by Crippen LogP contribution is 2.17. The molecule has 4 rings (SSSR count). The number of carbonyl (C=O) groups is 2. The van der Waals surface area contributed by atoms with E-state index in [9.17, 15) is 9.59 Å². The molecular formula is C24H20N4O3S. The number of para-hydroxylation sites is 1. The lowest BCUT2D eigenvalue weighted by molar-refractivity contribution is 0.0949. The first-order valence-electron chi connectivity index (χ1n) is 9.91. The second-order valence-electron chi connectivity index (χ2n) is 6.81. The van der Waals surface area contributed by atoms with Crippen LogP contribution in [0, 0.1) is 0 Å². The molecule has 7 nitrogen and oxygen atoms in total. The van der Waals surface area contributed by atoms with E-state index in [2.05, 4.69) is 20.8 Å². The van der Waals surface area contributed by atoms with Crippen molar-refractivity contribution in [2.75, 3.05) is 5.32 Å². The summed E-state index contributed by atoms with van der Waals surface area (Å²) in [6, 6.07) is 25.8. The number of benzene rings is 3. The van der Waals surface area contributed by atoms with Gasteiger partial charge in [-0.15, -0.1) is 10.2 Å². The molecule has 0 saturated heterocycles. The number of amides is 2. The molecule has 0 aliphatic carbocycles. The van der Waals surface area contributed by atoms with Gasteiger partial charge in [0.15, 0.2) is 5.01 Å². The Bertz CT molecular complexity index is 1200. The fraction of sp³-hybridized carbons (Fsp3) is 0.0833. The van der Waals surface area contributed by atoms with Crippen molar-refractivity contribution in [2.45, 2.75) is 13.2 Å². The minimum absolute atomic E-state index is 0.218. The van der Waals surface area contributed by atoms with Crippen LogP contribution in [0.15, 0.2) is 84.9 Å². The normalized spacial score (nSPS) is 10.4. The van der Waals surface area contributed by atoms with Crippen LogP contribution in [0.4, 0.5) is 5.69 Å². The standard InChI is InChI=1S/C24H20N4O3S/c29-22(25-15-17-8-3-1-4-9-17)18-10-7-11-19(14-18)26-23(30)24-28-27-21(32-24)16-31-20-12-5-2-6-13-20/h1-14H,15-16H2,(H,25,29)(H,26,30). The quantitative estimate of drug-likeness (QED) is 0.423. The molecule has 4 aromatic rings. The monoisotopic (exact) mass is 444 g/mol. The fourth-order valence-corrected chi connectivity index (χ4v) is 3.52. The number of nitrogens with one attached hydrogen (secondary N) is 2. The van der Waals surface area contributed by atoms with E-state index in [0.717, 1.165) is 22.6 Å². The van der Waals surface area contributed by atoms with Crippen LogP contribution >= 0.6 is 11.3 Å². The Labute approximate surface area is 189 Å². The van der Waals surface area contributed by atoms with Crippen molar-refractivity contribution in [3.63, 3.8) is 0 Å². The van der Waals surface area contributed by atoms with Crippen LogP contribution in [0.2, 0.25) is 0 Å². The third-order valence-electron chi connectivity index (χ3n) is 4.45. The van der Waals surface area contributed by atoms with Crippen molar-refractivity contribution in [3.8, 4) is 5.75 Å². The lowest BCUT2D eigenvalue weighted by Gasteiger charge is -2.08. The van der Waals surface area contributed by atoms with Crippen molar-refractivity contribution in [3.05, 3.63) is 106 Å². The molecule has 160 valence electrons. The van der Waals surface area contributed by atoms with E-state index in [4.69, 9.17) is 4.74 Å². The highest BCUT2D eigenvalue weighted by Gasteiger charge is 2.14. The van der Waals surface area contributed by atoms with Crippen molar-refractivity contribution in [2.24, 2.45) is 0 Å². The number of anilines is 1. The van der Waals surface area contributed by atoms with E-state index < -0.39 is 5.91 Å². The molecule has 0 fully saturated rings. The Morgan fingerprint density at radius 3 is 2.38 bits per heavy atom. The summed E-state index contributed by atoms with van der Waals surface area (Å²) in [5.74, 6) is 0.104. The second kappa shape index (κ2) is 10.3. The molecule has 0 aliphatic heterocycles. The van der Waals surface area contributed by atoms with Gasteiger partial charge < -0.3 is 15.4 Å². The molecule has 8 heteroatoms. The average Bonchev–Trinajstić information content (AvgIpc) is 3.32. The van der Waals surface area contributed by atoms with Gasteiger partial charge in [-0.1, -0.05) is 65.9 Å². The van der Waals surface area contributed by atoms with Gasteiger partial charge in [0.05, 0.1) is 0 Å². The molecular weight excluding hydrogens is 424 g/mol. The lowest BCUT2D eigenvalue weighted by atomic mass is 10.1.